The van der Waals surface area contributed by atoms with Crippen LogP contribution in [0, 0.1) is 0 Å². The van der Waals surface area contributed by atoms with Crippen molar-refractivity contribution in [2.45, 2.75) is 219 Å². The molecule has 0 aromatic heterocycles. The maximum atomic E-state index is 12.7. The molecule has 0 N–H and O–H groups in total. The highest BCUT2D eigenvalue weighted by Gasteiger charge is 2.17. The van der Waals surface area contributed by atoms with Crippen LogP contribution in [-0.4, -0.2) is 37.9 Å². The molecule has 0 aromatic carbocycles. The molecule has 1 unspecified atom stereocenters. The summed E-state index contributed by atoms with van der Waals surface area (Å²) in [5.41, 5.74) is 0. The normalized spacial score (nSPS) is 13.1. The van der Waals surface area contributed by atoms with Gasteiger partial charge in [-0.05, 0) is 103 Å². The van der Waals surface area contributed by atoms with Crippen molar-refractivity contribution in [1.82, 2.24) is 0 Å². The highest BCUT2D eigenvalue weighted by atomic mass is 16.6. The molecule has 0 fully saturated rings. The Bertz CT molecular complexity index is 1170. The molecule has 0 spiro atoms. The van der Waals surface area contributed by atoms with Gasteiger partial charge < -0.3 is 14.2 Å². The number of rotatable bonds is 44. The number of carbonyl (C=O) groups excluding carboxylic acids is 2. The number of allylic oxidation sites excluding steroid dienone is 16. The first-order chi connectivity index (χ1) is 29.6. The molecule has 0 saturated heterocycles. The average molecular weight is 833 g/mol. The topological polar surface area (TPSA) is 61.8 Å². The van der Waals surface area contributed by atoms with Gasteiger partial charge in [0.15, 0.2) is 6.10 Å². The number of carbonyl (C=O) groups is 2. The van der Waals surface area contributed by atoms with Crippen LogP contribution < -0.4 is 0 Å². The second-order valence-electron chi connectivity index (χ2n) is 16.0. The van der Waals surface area contributed by atoms with Gasteiger partial charge in [-0.25, -0.2) is 0 Å². The van der Waals surface area contributed by atoms with Gasteiger partial charge in [-0.1, -0.05) is 195 Å². The van der Waals surface area contributed by atoms with Gasteiger partial charge >= 0.3 is 11.9 Å². The van der Waals surface area contributed by atoms with Crippen LogP contribution >= 0.6 is 0 Å². The van der Waals surface area contributed by atoms with Crippen LogP contribution in [0.25, 0.3) is 0 Å². The molecule has 5 heteroatoms. The molecule has 60 heavy (non-hydrogen) atoms. The van der Waals surface area contributed by atoms with Crippen molar-refractivity contribution >= 4 is 11.9 Å². The highest BCUT2D eigenvalue weighted by molar-refractivity contribution is 5.70. The fraction of sp³-hybridized carbons (Fsp3) is 0.673. The van der Waals surface area contributed by atoms with Crippen LogP contribution in [0.2, 0.25) is 0 Å². The smallest absolute Gasteiger partial charge is 0.306 e. The largest absolute Gasteiger partial charge is 0.462 e. The van der Waals surface area contributed by atoms with Crippen molar-refractivity contribution in [3.63, 3.8) is 0 Å². The minimum atomic E-state index is -0.558. The molecule has 5 nitrogen and oxygen atoms in total. The lowest BCUT2D eigenvalue weighted by Crippen LogP contribution is -2.30. The zero-order valence-electron chi connectivity index (χ0n) is 39.2. The third kappa shape index (κ3) is 47.5. The third-order valence-corrected chi connectivity index (χ3v) is 10.1. The number of esters is 2. The van der Waals surface area contributed by atoms with E-state index < -0.39 is 6.10 Å². The Labute approximate surface area is 371 Å². The van der Waals surface area contributed by atoms with Crippen molar-refractivity contribution in [3.05, 3.63) is 97.2 Å². The fourth-order valence-corrected chi connectivity index (χ4v) is 6.42. The monoisotopic (exact) mass is 833 g/mol. The van der Waals surface area contributed by atoms with E-state index in [-0.39, 0.29) is 25.2 Å². The standard InChI is InChI=1S/C55H92O5/c1-4-7-10-13-16-18-20-22-24-26-28-30-32-34-36-38-40-42-45-48-54(56)59-52-53(51-58-50-47-44-15-12-9-6-3)60-55(57)49-46-43-41-39-37-35-33-31-29-27-25-23-21-19-17-14-11-8-5-2/h7,10,16-19,22-25,28-31,34,36,53H,4-6,8-9,11-15,20-21,26-27,32-33,35,37-52H2,1-3H3/b10-7-,18-16-,19-17-,24-22-,25-23-,30-28-,31-29-,36-34-. The summed E-state index contributed by atoms with van der Waals surface area (Å²) in [6, 6.07) is 0. The summed E-state index contributed by atoms with van der Waals surface area (Å²) in [6.45, 7) is 7.59. The molecule has 1 atom stereocenters. The number of hydrogen-bond acceptors (Lipinski definition) is 5. The number of unbranched alkanes of at least 4 members (excludes halogenated alkanes) is 17. The van der Waals surface area contributed by atoms with E-state index in [1.165, 1.54) is 70.6 Å². The summed E-state index contributed by atoms with van der Waals surface area (Å²) in [5.74, 6) is -0.456. The van der Waals surface area contributed by atoms with Gasteiger partial charge in [0.1, 0.15) is 6.61 Å². The van der Waals surface area contributed by atoms with Gasteiger partial charge in [-0.3, -0.25) is 9.59 Å². The number of ether oxygens (including phenoxy) is 3. The van der Waals surface area contributed by atoms with E-state index in [1.54, 1.807) is 0 Å². The SMILES string of the molecule is CC/C=C\C/C=C\C/C=C\C/C=C\C/C=C\CCCCCC(=O)OCC(COCCCCCCCC)OC(=O)CCCCCCCC/C=C\C/C=C\C/C=C\CCCCC. The van der Waals surface area contributed by atoms with Crippen LogP contribution in [0.4, 0.5) is 0 Å². The van der Waals surface area contributed by atoms with E-state index >= 15 is 0 Å². The molecule has 0 aliphatic heterocycles. The van der Waals surface area contributed by atoms with Crippen molar-refractivity contribution in [2.24, 2.45) is 0 Å². The van der Waals surface area contributed by atoms with Crippen molar-refractivity contribution < 1.29 is 23.8 Å². The van der Waals surface area contributed by atoms with Crippen LogP contribution in [0.3, 0.4) is 0 Å². The van der Waals surface area contributed by atoms with Gasteiger partial charge in [-0.2, -0.15) is 0 Å². The predicted octanol–water partition coefficient (Wildman–Crippen LogP) is 16.7. The molecule has 0 aromatic rings. The van der Waals surface area contributed by atoms with Gasteiger partial charge in [0.05, 0.1) is 6.61 Å². The minimum Gasteiger partial charge on any atom is -0.462 e. The molecule has 0 radical (unpaired) electrons. The second-order valence-corrected chi connectivity index (χ2v) is 16.0. The van der Waals surface area contributed by atoms with Crippen LogP contribution in [0.5, 0.6) is 0 Å². The van der Waals surface area contributed by atoms with Gasteiger partial charge in [-0.15, -0.1) is 0 Å². The Hall–Kier alpha value is -3.18. The molecular formula is C55H92O5. The van der Waals surface area contributed by atoms with E-state index in [4.69, 9.17) is 14.2 Å². The second kappa shape index (κ2) is 50.2. The Morgan fingerprint density at radius 1 is 0.383 bits per heavy atom. The highest BCUT2D eigenvalue weighted by Crippen LogP contribution is 2.12. The maximum Gasteiger partial charge on any atom is 0.306 e. The van der Waals surface area contributed by atoms with E-state index in [2.05, 4.69) is 118 Å². The summed E-state index contributed by atoms with van der Waals surface area (Å²) in [4.78, 5) is 25.3. The number of hydrogen-bond donors (Lipinski definition) is 0. The molecule has 0 bridgehead atoms. The summed E-state index contributed by atoms with van der Waals surface area (Å²) in [5, 5.41) is 0. The third-order valence-electron chi connectivity index (χ3n) is 10.1. The lowest BCUT2D eigenvalue weighted by Gasteiger charge is -2.18. The first-order valence-electron chi connectivity index (χ1n) is 24.8. The van der Waals surface area contributed by atoms with E-state index in [0.717, 1.165) is 109 Å². The zero-order valence-corrected chi connectivity index (χ0v) is 39.2. The Morgan fingerprint density at radius 2 is 0.750 bits per heavy atom. The van der Waals surface area contributed by atoms with E-state index in [9.17, 15) is 9.59 Å². The zero-order chi connectivity index (χ0) is 43.5. The molecule has 0 rings (SSSR count). The quantitative estimate of drug-likeness (QED) is 0.0348. The van der Waals surface area contributed by atoms with E-state index in [0.29, 0.717) is 19.4 Å². The molecule has 0 saturated carbocycles. The average Bonchev–Trinajstić information content (AvgIpc) is 3.25. The summed E-state index contributed by atoms with van der Waals surface area (Å²) < 4.78 is 17.2. The first-order valence-corrected chi connectivity index (χ1v) is 24.8. The Kier molecular flexibility index (Phi) is 47.5. The van der Waals surface area contributed by atoms with Crippen LogP contribution in [0.1, 0.15) is 213 Å². The fourth-order valence-electron chi connectivity index (χ4n) is 6.42. The van der Waals surface area contributed by atoms with Crippen LogP contribution in [0.15, 0.2) is 97.2 Å². The van der Waals surface area contributed by atoms with Crippen molar-refractivity contribution in [1.29, 1.82) is 0 Å². The lowest BCUT2D eigenvalue weighted by atomic mass is 10.1. The predicted molar refractivity (Wildman–Crippen MR) is 260 cm³/mol. The summed E-state index contributed by atoms with van der Waals surface area (Å²) in [6.07, 6.45) is 67.1. The maximum absolute atomic E-state index is 12.7. The van der Waals surface area contributed by atoms with Crippen LogP contribution in [-0.2, 0) is 23.8 Å². The molecule has 342 valence electrons. The molecular weight excluding hydrogens is 741 g/mol. The molecule has 0 amide bonds. The van der Waals surface area contributed by atoms with Crippen molar-refractivity contribution in [2.75, 3.05) is 19.8 Å². The lowest BCUT2D eigenvalue weighted by molar-refractivity contribution is -0.163. The van der Waals surface area contributed by atoms with E-state index in [1.807, 2.05) is 0 Å². The summed E-state index contributed by atoms with van der Waals surface area (Å²) >= 11 is 0. The molecule has 0 aliphatic carbocycles. The van der Waals surface area contributed by atoms with Gasteiger partial charge in [0, 0.05) is 19.4 Å². The summed E-state index contributed by atoms with van der Waals surface area (Å²) in [7, 11) is 0. The Morgan fingerprint density at radius 3 is 1.25 bits per heavy atom. The molecule has 0 aliphatic rings. The Balaban J connectivity index is 4.20. The minimum absolute atomic E-state index is 0.0579. The first kappa shape index (κ1) is 56.8. The molecule has 0 heterocycles. The van der Waals surface area contributed by atoms with Gasteiger partial charge in [0.25, 0.3) is 0 Å². The van der Waals surface area contributed by atoms with Crippen molar-refractivity contribution in [3.8, 4) is 0 Å². The van der Waals surface area contributed by atoms with Gasteiger partial charge in [0.2, 0.25) is 0 Å².